The molecule has 1 rings (SSSR count). The van der Waals surface area contributed by atoms with E-state index in [4.69, 9.17) is 5.11 Å². The van der Waals surface area contributed by atoms with Crippen molar-refractivity contribution in [3.8, 4) is 5.75 Å². The summed E-state index contributed by atoms with van der Waals surface area (Å²) in [5.41, 5.74) is -0.0557. The van der Waals surface area contributed by atoms with Gasteiger partial charge < -0.3 is 10.2 Å². The number of carboxylic acids is 1. The standard InChI is InChI=1S/C7H4I2O3/c8-4-1-3(7(11)12)6(10)2-5(4)9/h1-2,10H,(H,11,12). The molecule has 0 aliphatic heterocycles. The van der Waals surface area contributed by atoms with Gasteiger partial charge >= 0.3 is 5.97 Å². The summed E-state index contributed by atoms with van der Waals surface area (Å²) in [7, 11) is 0. The highest BCUT2D eigenvalue weighted by Crippen LogP contribution is 2.24. The number of halogens is 2. The molecule has 3 nitrogen and oxygen atoms in total. The SMILES string of the molecule is O=C(O)c1cc(I)c(I)cc1O. The van der Waals surface area contributed by atoms with E-state index in [-0.39, 0.29) is 11.3 Å². The number of phenols is 1. The lowest BCUT2D eigenvalue weighted by atomic mass is 10.2. The molecule has 0 spiro atoms. The van der Waals surface area contributed by atoms with Crippen molar-refractivity contribution in [3.05, 3.63) is 24.8 Å². The highest BCUT2D eigenvalue weighted by atomic mass is 127. The lowest BCUT2D eigenvalue weighted by Gasteiger charge is -2.01. The van der Waals surface area contributed by atoms with E-state index in [1.54, 1.807) is 0 Å². The topological polar surface area (TPSA) is 57.5 Å². The van der Waals surface area contributed by atoms with E-state index < -0.39 is 5.97 Å². The van der Waals surface area contributed by atoms with Crippen LogP contribution in [-0.2, 0) is 0 Å². The van der Waals surface area contributed by atoms with E-state index in [9.17, 15) is 9.90 Å². The van der Waals surface area contributed by atoms with Gasteiger partial charge in [-0.25, -0.2) is 4.79 Å². The first-order valence-corrected chi connectivity index (χ1v) is 5.09. The zero-order chi connectivity index (χ0) is 9.30. The van der Waals surface area contributed by atoms with E-state index in [0.717, 1.165) is 7.14 Å². The molecular weight excluding hydrogens is 386 g/mol. The minimum absolute atomic E-state index is 0.0557. The Balaban J connectivity index is 3.33. The molecule has 0 saturated heterocycles. The van der Waals surface area contributed by atoms with Crippen LogP contribution in [0, 0.1) is 7.14 Å². The number of hydrogen-bond donors (Lipinski definition) is 2. The van der Waals surface area contributed by atoms with Crippen LogP contribution in [0.3, 0.4) is 0 Å². The van der Waals surface area contributed by atoms with Gasteiger partial charge in [0.25, 0.3) is 0 Å². The van der Waals surface area contributed by atoms with E-state index in [2.05, 4.69) is 0 Å². The normalized spacial score (nSPS) is 9.83. The Bertz CT molecular complexity index is 336. The minimum atomic E-state index is -1.11. The second kappa shape index (κ2) is 3.77. The fraction of sp³-hybridized carbons (Fsp3) is 0. The van der Waals surface area contributed by atoms with E-state index in [0.29, 0.717) is 0 Å². The van der Waals surface area contributed by atoms with Gasteiger partial charge in [0.05, 0.1) is 0 Å². The van der Waals surface area contributed by atoms with Crippen LogP contribution >= 0.6 is 45.2 Å². The van der Waals surface area contributed by atoms with E-state index in [1.165, 1.54) is 12.1 Å². The summed E-state index contributed by atoms with van der Waals surface area (Å²) < 4.78 is 1.67. The first kappa shape index (κ1) is 10.0. The predicted molar refractivity (Wildman–Crippen MR) is 60.5 cm³/mol. The van der Waals surface area contributed by atoms with Crippen LogP contribution in [0.5, 0.6) is 5.75 Å². The summed E-state index contributed by atoms with van der Waals surface area (Å²) in [6.07, 6.45) is 0. The lowest BCUT2D eigenvalue weighted by molar-refractivity contribution is 0.0693. The zero-order valence-electron chi connectivity index (χ0n) is 5.71. The monoisotopic (exact) mass is 390 g/mol. The van der Waals surface area contributed by atoms with Crippen molar-refractivity contribution in [2.45, 2.75) is 0 Å². The molecule has 0 atom stereocenters. The third-order valence-electron chi connectivity index (χ3n) is 1.27. The zero-order valence-corrected chi connectivity index (χ0v) is 10.0. The Morgan fingerprint density at radius 3 is 2.25 bits per heavy atom. The van der Waals surface area contributed by atoms with Crippen molar-refractivity contribution in [3.63, 3.8) is 0 Å². The molecule has 0 aliphatic carbocycles. The summed E-state index contributed by atoms with van der Waals surface area (Å²) in [6.45, 7) is 0. The van der Waals surface area contributed by atoms with E-state index >= 15 is 0 Å². The largest absolute Gasteiger partial charge is 0.507 e. The van der Waals surface area contributed by atoms with Crippen LogP contribution in [0.25, 0.3) is 0 Å². The Morgan fingerprint density at radius 1 is 1.25 bits per heavy atom. The lowest BCUT2D eigenvalue weighted by Crippen LogP contribution is -1.98. The van der Waals surface area contributed by atoms with Crippen LogP contribution in [-0.4, -0.2) is 16.2 Å². The summed E-state index contributed by atoms with van der Waals surface area (Å²) in [5, 5.41) is 17.8. The van der Waals surface area contributed by atoms with Gasteiger partial charge in [0.1, 0.15) is 11.3 Å². The van der Waals surface area contributed by atoms with Gasteiger partial charge in [-0.15, -0.1) is 0 Å². The first-order valence-electron chi connectivity index (χ1n) is 2.93. The second-order valence-corrected chi connectivity index (χ2v) is 4.41. The molecule has 0 aromatic heterocycles. The molecule has 1 aromatic rings. The number of rotatable bonds is 1. The van der Waals surface area contributed by atoms with Gasteiger partial charge in [-0.2, -0.15) is 0 Å². The summed E-state index contributed by atoms with van der Waals surface area (Å²) >= 11 is 4.05. The van der Waals surface area contributed by atoms with Crippen LogP contribution in [0.1, 0.15) is 10.4 Å². The average molecular weight is 390 g/mol. The molecule has 64 valence electrons. The van der Waals surface area contributed by atoms with Gasteiger partial charge in [-0.1, -0.05) is 0 Å². The number of aromatic hydroxyl groups is 1. The second-order valence-electron chi connectivity index (χ2n) is 2.09. The maximum absolute atomic E-state index is 10.5. The van der Waals surface area contributed by atoms with Crippen LogP contribution in [0.4, 0.5) is 0 Å². The molecule has 0 radical (unpaired) electrons. The summed E-state index contributed by atoms with van der Waals surface area (Å²) in [4.78, 5) is 10.5. The molecule has 0 fully saturated rings. The Labute approximate surface area is 96.1 Å². The third kappa shape index (κ3) is 2.00. The van der Waals surface area contributed by atoms with Gasteiger partial charge in [0, 0.05) is 7.14 Å². The quantitative estimate of drug-likeness (QED) is 0.724. The minimum Gasteiger partial charge on any atom is -0.507 e. The maximum Gasteiger partial charge on any atom is 0.339 e. The van der Waals surface area contributed by atoms with Crippen molar-refractivity contribution in [2.24, 2.45) is 0 Å². The van der Waals surface area contributed by atoms with Gasteiger partial charge in [0.2, 0.25) is 0 Å². The van der Waals surface area contributed by atoms with Crippen molar-refractivity contribution >= 4 is 51.2 Å². The Morgan fingerprint density at radius 2 is 1.75 bits per heavy atom. The molecule has 0 heterocycles. The van der Waals surface area contributed by atoms with Gasteiger partial charge in [-0.05, 0) is 57.3 Å². The molecule has 1 aromatic carbocycles. The van der Waals surface area contributed by atoms with Crippen LogP contribution in [0.2, 0.25) is 0 Å². The Hall–Kier alpha value is -0.0500. The number of aromatic carboxylic acids is 1. The summed E-state index contributed by atoms with van der Waals surface area (Å²) in [5.74, 6) is -1.30. The number of carboxylic acid groups (broad SMARTS) is 1. The van der Waals surface area contributed by atoms with Crippen molar-refractivity contribution in [2.75, 3.05) is 0 Å². The Kier molecular flexibility index (Phi) is 3.16. The highest BCUT2D eigenvalue weighted by Gasteiger charge is 2.11. The van der Waals surface area contributed by atoms with Crippen LogP contribution in [0.15, 0.2) is 12.1 Å². The van der Waals surface area contributed by atoms with Crippen molar-refractivity contribution in [1.82, 2.24) is 0 Å². The molecule has 0 saturated carbocycles. The number of hydrogen-bond acceptors (Lipinski definition) is 2. The van der Waals surface area contributed by atoms with E-state index in [1.807, 2.05) is 45.2 Å². The maximum atomic E-state index is 10.5. The molecule has 2 N–H and O–H groups in total. The average Bonchev–Trinajstić information content (AvgIpc) is 1.96. The molecule has 0 amide bonds. The molecule has 0 unspecified atom stereocenters. The van der Waals surface area contributed by atoms with Crippen molar-refractivity contribution in [1.29, 1.82) is 0 Å². The molecule has 12 heavy (non-hydrogen) atoms. The fourth-order valence-electron chi connectivity index (χ4n) is 0.708. The highest BCUT2D eigenvalue weighted by molar-refractivity contribution is 14.1. The van der Waals surface area contributed by atoms with Crippen molar-refractivity contribution < 1.29 is 15.0 Å². The third-order valence-corrected chi connectivity index (χ3v) is 4.09. The smallest absolute Gasteiger partial charge is 0.339 e. The molecular formula is C7H4I2O3. The first-order chi connectivity index (χ1) is 5.52. The molecule has 5 heteroatoms. The fourth-order valence-corrected chi connectivity index (χ4v) is 1.63. The van der Waals surface area contributed by atoms with Gasteiger partial charge in [-0.3, -0.25) is 0 Å². The number of carbonyl (C=O) groups is 1. The summed E-state index contributed by atoms with van der Waals surface area (Å²) in [6, 6.07) is 2.88. The predicted octanol–water partition coefficient (Wildman–Crippen LogP) is 2.30. The molecule has 0 bridgehead atoms. The number of benzene rings is 1. The van der Waals surface area contributed by atoms with Crippen LogP contribution < -0.4 is 0 Å². The molecule has 0 aliphatic rings. The van der Waals surface area contributed by atoms with Gasteiger partial charge in [0.15, 0.2) is 0 Å².